The third-order valence-corrected chi connectivity index (χ3v) is 7.67. The van der Waals surface area contributed by atoms with Crippen LogP contribution in [-0.4, -0.2) is 72.5 Å². The van der Waals surface area contributed by atoms with Gasteiger partial charge in [0, 0.05) is 44.4 Å². The zero-order valence-corrected chi connectivity index (χ0v) is 18.8. The average Bonchev–Trinajstić information content (AvgIpc) is 3.22. The molecule has 2 aromatic carbocycles. The van der Waals surface area contributed by atoms with Crippen molar-refractivity contribution >= 4 is 15.9 Å². The maximum Gasteiger partial charge on any atom is 0.272 e. The van der Waals surface area contributed by atoms with E-state index in [1.165, 1.54) is 16.6 Å². The first kappa shape index (κ1) is 21.5. The molecule has 0 atom stereocenters. The molecule has 2 aliphatic heterocycles. The van der Waals surface area contributed by atoms with E-state index in [2.05, 4.69) is 4.98 Å². The van der Waals surface area contributed by atoms with Crippen molar-refractivity contribution in [1.82, 2.24) is 18.8 Å². The van der Waals surface area contributed by atoms with Crippen LogP contribution in [0.4, 0.5) is 0 Å². The van der Waals surface area contributed by atoms with E-state index in [1.54, 1.807) is 27.9 Å². The van der Waals surface area contributed by atoms with E-state index >= 15 is 0 Å². The zero-order chi connectivity index (χ0) is 22.8. The number of carbonyl (C=O) groups is 1. The smallest absolute Gasteiger partial charge is 0.272 e. The highest BCUT2D eigenvalue weighted by Gasteiger charge is 2.32. The molecule has 10 heteroatoms. The van der Waals surface area contributed by atoms with Crippen molar-refractivity contribution in [2.24, 2.45) is 0 Å². The van der Waals surface area contributed by atoms with Crippen molar-refractivity contribution in [1.29, 1.82) is 0 Å². The molecule has 1 saturated heterocycles. The molecule has 0 unspecified atom stereocenters. The van der Waals surface area contributed by atoms with E-state index < -0.39 is 10.0 Å². The van der Waals surface area contributed by atoms with Crippen molar-refractivity contribution in [2.45, 2.75) is 11.3 Å². The van der Waals surface area contributed by atoms with Crippen molar-refractivity contribution in [3.8, 4) is 17.2 Å². The van der Waals surface area contributed by atoms with Gasteiger partial charge in [0.25, 0.3) is 5.91 Å². The summed E-state index contributed by atoms with van der Waals surface area (Å²) in [5.41, 5.74) is 1.29. The molecule has 5 rings (SSSR count). The highest BCUT2D eigenvalue weighted by molar-refractivity contribution is 7.89. The Morgan fingerprint density at radius 1 is 0.909 bits per heavy atom. The van der Waals surface area contributed by atoms with Crippen LogP contribution in [0.15, 0.2) is 66.0 Å². The summed E-state index contributed by atoms with van der Waals surface area (Å²) in [6, 6.07) is 14.2. The van der Waals surface area contributed by atoms with E-state index in [9.17, 15) is 13.2 Å². The normalized spacial score (nSPS) is 16.9. The van der Waals surface area contributed by atoms with Crippen LogP contribution in [0.2, 0.25) is 0 Å². The van der Waals surface area contributed by atoms with Gasteiger partial charge in [-0.15, -0.1) is 0 Å². The minimum absolute atomic E-state index is 0.161. The largest absolute Gasteiger partial charge is 0.490 e. The molecule has 3 aromatic rings. The van der Waals surface area contributed by atoms with E-state index in [4.69, 9.17) is 9.47 Å². The summed E-state index contributed by atoms with van der Waals surface area (Å²) >= 11 is 0. The molecule has 1 fully saturated rings. The lowest BCUT2D eigenvalue weighted by molar-refractivity contribution is 0.0690. The standard InChI is InChI=1S/C23H24N4O5S/c28-23(20-16-24-17-27(20)18-5-2-1-3-6-18)25-9-11-26(12-10-25)33(29,30)19-7-8-21-22(15-19)32-14-4-13-31-21/h1-3,5-8,15-17H,4,9-14H2. The van der Waals surface area contributed by atoms with Gasteiger partial charge >= 0.3 is 0 Å². The van der Waals surface area contributed by atoms with Crippen LogP contribution in [0.25, 0.3) is 5.69 Å². The Labute approximate surface area is 192 Å². The molecule has 0 spiro atoms. The Bertz CT molecular complexity index is 1250. The van der Waals surface area contributed by atoms with Crippen LogP contribution >= 0.6 is 0 Å². The van der Waals surface area contributed by atoms with Crippen molar-refractivity contribution in [3.63, 3.8) is 0 Å². The van der Waals surface area contributed by atoms with E-state index in [0.717, 1.165) is 12.1 Å². The average molecular weight is 469 g/mol. The molecular formula is C23H24N4O5S. The molecule has 172 valence electrons. The van der Waals surface area contributed by atoms with Gasteiger partial charge in [0.05, 0.1) is 30.6 Å². The van der Waals surface area contributed by atoms with Gasteiger partial charge in [-0.05, 0) is 24.3 Å². The second-order valence-corrected chi connectivity index (χ2v) is 9.78. The molecule has 2 aliphatic rings. The Balaban J connectivity index is 1.29. The number of aromatic nitrogens is 2. The molecule has 9 nitrogen and oxygen atoms in total. The summed E-state index contributed by atoms with van der Waals surface area (Å²) in [6.45, 7) is 2.03. The molecular weight excluding hydrogens is 444 g/mol. The van der Waals surface area contributed by atoms with Crippen molar-refractivity contribution in [3.05, 3.63) is 66.7 Å². The van der Waals surface area contributed by atoms with Gasteiger partial charge in [0.1, 0.15) is 5.69 Å². The minimum Gasteiger partial charge on any atom is -0.490 e. The maximum absolute atomic E-state index is 13.2. The number of hydrogen-bond donors (Lipinski definition) is 0. The number of para-hydroxylation sites is 1. The van der Waals surface area contributed by atoms with Crippen LogP contribution in [0.1, 0.15) is 16.9 Å². The topological polar surface area (TPSA) is 94.0 Å². The molecule has 0 aliphatic carbocycles. The second kappa shape index (κ2) is 8.87. The fraction of sp³-hybridized carbons (Fsp3) is 0.304. The highest BCUT2D eigenvalue weighted by Crippen LogP contribution is 2.33. The predicted molar refractivity (Wildman–Crippen MR) is 120 cm³/mol. The molecule has 0 N–H and O–H groups in total. The summed E-state index contributed by atoms with van der Waals surface area (Å²) in [5.74, 6) is 0.817. The van der Waals surface area contributed by atoms with Gasteiger partial charge in [0.2, 0.25) is 10.0 Å². The van der Waals surface area contributed by atoms with Crippen LogP contribution in [0.5, 0.6) is 11.5 Å². The molecule has 0 saturated carbocycles. The SMILES string of the molecule is O=C(c1cncn1-c1ccccc1)N1CCN(S(=O)(=O)c2ccc3c(c2)OCCCO3)CC1. The number of imidazole rings is 1. The monoisotopic (exact) mass is 468 g/mol. The third-order valence-electron chi connectivity index (χ3n) is 5.77. The quantitative estimate of drug-likeness (QED) is 0.583. The molecule has 3 heterocycles. The first-order valence-corrected chi connectivity index (χ1v) is 12.2. The number of amides is 1. The van der Waals surface area contributed by atoms with Gasteiger partial charge in [-0.3, -0.25) is 9.36 Å². The van der Waals surface area contributed by atoms with Gasteiger partial charge in [-0.1, -0.05) is 18.2 Å². The Morgan fingerprint density at radius 3 is 2.39 bits per heavy atom. The summed E-state index contributed by atoms with van der Waals surface area (Å²) in [6.07, 6.45) is 3.89. The van der Waals surface area contributed by atoms with Gasteiger partial charge in [-0.2, -0.15) is 4.31 Å². The van der Waals surface area contributed by atoms with Gasteiger partial charge in [0.15, 0.2) is 11.5 Å². The minimum atomic E-state index is -3.72. The number of benzene rings is 2. The van der Waals surface area contributed by atoms with Crippen LogP contribution < -0.4 is 9.47 Å². The number of hydrogen-bond acceptors (Lipinski definition) is 6. The maximum atomic E-state index is 13.2. The number of nitrogens with zero attached hydrogens (tertiary/aromatic N) is 4. The lowest BCUT2D eigenvalue weighted by Crippen LogP contribution is -2.50. The van der Waals surface area contributed by atoms with E-state index in [1.807, 2.05) is 30.3 Å². The van der Waals surface area contributed by atoms with Crippen LogP contribution in [0.3, 0.4) is 0 Å². The van der Waals surface area contributed by atoms with E-state index in [-0.39, 0.29) is 23.9 Å². The Hall–Kier alpha value is -3.37. The molecule has 0 radical (unpaired) electrons. The Morgan fingerprint density at radius 2 is 1.64 bits per heavy atom. The molecule has 0 bridgehead atoms. The zero-order valence-electron chi connectivity index (χ0n) is 18.0. The first-order valence-electron chi connectivity index (χ1n) is 10.8. The number of ether oxygens (including phenoxy) is 2. The third kappa shape index (κ3) is 4.19. The fourth-order valence-corrected chi connectivity index (χ4v) is 5.43. The molecule has 33 heavy (non-hydrogen) atoms. The summed E-state index contributed by atoms with van der Waals surface area (Å²) < 4.78 is 40.8. The van der Waals surface area contributed by atoms with E-state index in [0.29, 0.717) is 43.5 Å². The second-order valence-electron chi connectivity index (χ2n) is 7.84. The summed E-state index contributed by atoms with van der Waals surface area (Å²) in [7, 11) is -3.72. The molecule has 1 aromatic heterocycles. The number of carbonyl (C=O) groups excluding carboxylic acids is 1. The number of rotatable bonds is 4. The Kier molecular flexibility index (Phi) is 5.77. The van der Waals surface area contributed by atoms with Crippen molar-refractivity contribution in [2.75, 3.05) is 39.4 Å². The van der Waals surface area contributed by atoms with Crippen LogP contribution in [-0.2, 0) is 10.0 Å². The number of fused-ring (bicyclic) bond motifs is 1. The van der Waals surface area contributed by atoms with Gasteiger partial charge in [-0.25, -0.2) is 13.4 Å². The fourth-order valence-electron chi connectivity index (χ4n) is 3.99. The lowest BCUT2D eigenvalue weighted by Gasteiger charge is -2.34. The number of sulfonamides is 1. The van der Waals surface area contributed by atoms with Crippen LogP contribution in [0, 0.1) is 0 Å². The molecule has 1 amide bonds. The van der Waals surface area contributed by atoms with Gasteiger partial charge < -0.3 is 14.4 Å². The lowest BCUT2D eigenvalue weighted by atomic mass is 10.3. The first-order chi connectivity index (χ1) is 16.0. The summed E-state index contributed by atoms with van der Waals surface area (Å²) in [5, 5.41) is 0. The summed E-state index contributed by atoms with van der Waals surface area (Å²) in [4.78, 5) is 19.1. The van der Waals surface area contributed by atoms with Crippen molar-refractivity contribution < 1.29 is 22.7 Å². The number of piperazine rings is 1. The highest BCUT2D eigenvalue weighted by atomic mass is 32.2. The predicted octanol–water partition coefficient (Wildman–Crippen LogP) is 2.18.